The van der Waals surface area contributed by atoms with E-state index in [1.165, 1.54) is 0 Å². The number of fused-ring (bicyclic) bond motifs is 1. The number of halogens is 2. The summed E-state index contributed by atoms with van der Waals surface area (Å²) in [5.41, 5.74) is 1.81. The summed E-state index contributed by atoms with van der Waals surface area (Å²) < 4.78 is 14.4. The molecule has 1 saturated heterocycles. The summed E-state index contributed by atoms with van der Waals surface area (Å²) >= 11 is 6.10. The number of likely N-dealkylation sites (tertiary alicyclic amines) is 1. The maximum absolute atomic E-state index is 14.4. The van der Waals surface area contributed by atoms with Gasteiger partial charge in [-0.15, -0.1) is 0 Å². The maximum atomic E-state index is 14.4. The fraction of sp³-hybridized carbons (Fsp3) is 0.474. The fourth-order valence-corrected chi connectivity index (χ4v) is 3.97. The standard InChI is InChI=1S/C19H24ClFN6O/c1-11(28)27-4-2-12(3-5-27)7-22-19-16(21)10-25-18(26-19)15-9-24-17-14(15)6-13(20)8-23-17/h6,8-9,12,17,22-23,25-26H,2-5,7,10H2,1H3. The monoisotopic (exact) mass is 406 g/mol. The van der Waals surface area contributed by atoms with Crippen molar-refractivity contribution in [2.45, 2.75) is 25.9 Å². The quantitative estimate of drug-likeness (QED) is 0.569. The fourth-order valence-electron chi connectivity index (χ4n) is 3.79. The summed E-state index contributed by atoms with van der Waals surface area (Å²) in [6.07, 6.45) is 7.03. The maximum Gasteiger partial charge on any atom is 0.219 e. The molecule has 0 radical (unpaired) electrons. The van der Waals surface area contributed by atoms with Gasteiger partial charge in [-0.05, 0) is 24.8 Å². The van der Waals surface area contributed by atoms with Crippen LogP contribution in [-0.2, 0) is 4.79 Å². The highest BCUT2D eigenvalue weighted by molar-refractivity contribution is 6.31. The van der Waals surface area contributed by atoms with Crippen LogP contribution in [0, 0.1) is 5.92 Å². The van der Waals surface area contributed by atoms with Crippen molar-refractivity contribution in [2.24, 2.45) is 10.9 Å². The van der Waals surface area contributed by atoms with Crippen LogP contribution >= 0.6 is 11.6 Å². The minimum Gasteiger partial charge on any atom is -0.369 e. The van der Waals surface area contributed by atoms with Crippen molar-refractivity contribution in [1.82, 2.24) is 26.2 Å². The first-order chi connectivity index (χ1) is 13.5. The van der Waals surface area contributed by atoms with Gasteiger partial charge in [0.15, 0.2) is 5.83 Å². The highest BCUT2D eigenvalue weighted by Crippen LogP contribution is 2.28. The third-order valence-electron chi connectivity index (χ3n) is 5.47. The molecule has 1 unspecified atom stereocenters. The molecule has 4 aliphatic heterocycles. The van der Waals surface area contributed by atoms with Gasteiger partial charge in [-0.3, -0.25) is 9.79 Å². The minimum absolute atomic E-state index is 0.111. The van der Waals surface area contributed by atoms with Crippen LogP contribution in [0.1, 0.15) is 19.8 Å². The first-order valence-corrected chi connectivity index (χ1v) is 9.89. The van der Waals surface area contributed by atoms with Crippen molar-refractivity contribution in [3.8, 4) is 0 Å². The smallest absolute Gasteiger partial charge is 0.219 e. The molecule has 4 rings (SSSR count). The molecule has 150 valence electrons. The van der Waals surface area contributed by atoms with E-state index in [4.69, 9.17) is 11.6 Å². The van der Waals surface area contributed by atoms with Crippen molar-refractivity contribution in [1.29, 1.82) is 0 Å². The number of hydrogen-bond acceptors (Lipinski definition) is 6. The van der Waals surface area contributed by atoms with Crippen molar-refractivity contribution in [3.05, 3.63) is 45.9 Å². The van der Waals surface area contributed by atoms with Gasteiger partial charge in [-0.1, -0.05) is 11.6 Å². The lowest BCUT2D eigenvalue weighted by molar-refractivity contribution is -0.130. The van der Waals surface area contributed by atoms with Crippen LogP contribution in [0.4, 0.5) is 4.39 Å². The van der Waals surface area contributed by atoms with Crippen LogP contribution in [0.3, 0.4) is 0 Å². The second-order valence-electron chi connectivity index (χ2n) is 7.35. The molecule has 4 aliphatic rings. The van der Waals surface area contributed by atoms with Crippen LogP contribution in [0.15, 0.2) is 50.9 Å². The van der Waals surface area contributed by atoms with Crippen LogP contribution in [0.2, 0.25) is 0 Å². The van der Waals surface area contributed by atoms with Crippen LogP contribution < -0.4 is 21.3 Å². The molecule has 9 heteroatoms. The third kappa shape index (κ3) is 3.87. The van der Waals surface area contributed by atoms with Gasteiger partial charge in [0.05, 0.1) is 11.6 Å². The second-order valence-corrected chi connectivity index (χ2v) is 7.79. The van der Waals surface area contributed by atoms with Gasteiger partial charge in [-0.2, -0.15) is 0 Å². The Morgan fingerprint density at radius 1 is 1.43 bits per heavy atom. The average molecular weight is 407 g/mol. The number of hydrogen-bond donors (Lipinski definition) is 4. The van der Waals surface area contributed by atoms with E-state index in [2.05, 4.69) is 26.3 Å². The first-order valence-electron chi connectivity index (χ1n) is 9.51. The molecule has 1 amide bonds. The van der Waals surface area contributed by atoms with Gasteiger partial charge in [0, 0.05) is 50.1 Å². The number of nitrogens with one attached hydrogen (secondary N) is 4. The molecule has 1 atom stereocenters. The van der Waals surface area contributed by atoms with Crippen LogP contribution in [-0.4, -0.2) is 49.4 Å². The molecule has 0 aliphatic carbocycles. The molecule has 0 bridgehead atoms. The predicted octanol–water partition coefficient (Wildman–Crippen LogP) is 1.40. The number of amides is 1. The number of piperidine rings is 1. The normalized spacial score (nSPS) is 27.4. The highest BCUT2D eigenvalue weighted by atomic mass is 35.5. The van der Waals surface area contributed by atoms with Gasteiger partial charge < -0.3 is 26.2 Å². The van der Waals surface area contributed by atoms with E-state index in [-0.39, 0.29) is 24.4 Å². The Bertz CT molecular complexity index is 822. The topological polar surface area (TPSA) is 80.8 Å². The summed E-state index contributed by atoms with van der Waals surface area (Å²) in [7, 11) is 0. The number of nitrogens with zero attached hydrogens (tertiary/aromatic N) is 2. The lowest BCUT2D eigenvalue weighted by Gasteiger charge is -2.32. The largest absolute Gasteiger partial charge is 0.369 e. The number of allylic oxidation sites excluding steroid dienone is 2. The zero-order chi connectivity index (χ0) is 19.7. The van der Waals surface area contributed by atoms with Crippen molar-refractivity contribution >= 4 is 23.7 Å². The second kappa shape index (κ2) is 7.87. The Balaban J connectivity index is 1.40. The van der Waals surface area contributed by atoms with E-state index in [0.717, 1.165) is 37.1 Å². The summed E-state index contributed by atoms with van der Waals surface area (Å²) in [6, 6.07) is 0. The average Bonchev–Trinajstić information content (AvgIpc) is 3.10. The molecule has 0 spiro atoms. The van der Waals surface area contributed by atoms with E-state index >= 15 is 0 Å². The first kappa shape index (κ1) is 18.9. The van der Waals surface area contributed by atoms with Gasteiger partial charge in [0.25, 0.3) is 0 Å². The molecule has 0 aromatic carbocycles. The van der Waals surface area contributed by atoms with E-state index in [1.807, 2.05) is 11.0 Å². The molecular weight excluding hydrogens is 383 g/mol. The zero-order valence-electron chi connectivity index (χ0n) is 15.7. The van der Waals surface area contributed by atoms with E-state index in [0.29, 0.717) is 29.1 Å². The lowest BCUT2D eigenvalue weighted by atomic mass is 9.97. The molecule has 7 nitrogen and oxygen atoms in total. The number of aliphatic imine (C=N–C) groups is 1. The number of dihydropyridines is 1. The molecule has 28 heavy (non-hydrogen) atoms. The number of carbonyl (C=O) groups excluding carboxylic acids is 1. The van der Waals surface area contributed by atoms with Crippen LogP contribution in [0.25, 0.3) is 0 Å². The Morgan fingerprint density at radius 3 is 2.96 bits per heavy atom. The summed E-state index contributed by atoms with van der Waals surface area (Å²) in [5, 5.41) is 13.1. The molecule has 1 fully saturated rings. The third-order valence-corrected chi connectivity index (χ3v) is 5.69. The van der Waals surface area contributed by atoms with E-state index in [9.17, 15) is 9.18 Å². The van der Waals surface area contributed by atoms with Gasteiger partial charge in [-0.25, -0.2) is 4.39 Å². The minimum atomic E-state index is -0.259. The Morgan fingerprint density at radius 2 is 2.21 bits per heavy atom. The molecule has 0 saturated carbocycles. The SMILES string of the molecule is CC(=O)N1CCC(CNC2=C(F)CNC(=C3C=NC4NC=C(Cl)C=C34)N2)CC1. The van der Waals surface area contributed by atoms with Gasteiger partial charge >= 0.3 is 0 Å². The van der Waals surface area contributed by atoms with E-state index in [1.54, 1.807) is 19.3 Å². The van der Waals surface area contributed by atoms with Gasteiger partial charge in [0.2, 0.25) is 5.91 Å². The van der Waals surface area contributed by atoms with Crippen molar-refractivity contribution < 1.29 is 9.18 Å². The molecule has 0 aromatic heterocycles. The van der Waals surface area contributed by atoms with Crippen molar-refractivity contribution in [2.75, 3.05) is 26.2 Å². The number of carbonyl (C=O) groups is 1. The van der Waals surface area contributed by atoms with E-state index < -0.39 is 0 Å². The Labute approximate surface area is 168 Å². The summed E-state index contributed by atoms with van der Waals surface area (Å²) in [6.45, 7) is 3.91. The zero-order valence-corrected chi connectivity index (χ0v) is 16.4. The number of rotatable bonds is 3. The Hall–Kier alpha value is -2.48. The summed E-state index contributed by atoms with van der Waals surface area (Å²) in [5.74, 6) is 1.37. The van der Waals surface area contributed by atoms with Crippen molar-refractivity contribution in [3.63, 3.8) is 0 Å². The predicted molar refractivity (Wildman–Crippen MR) is 107 cm³/mol. The molecule has 0 aromatic rings. The highest BCUT2D eigenvalue weighted by Gasteiger charge is 2.28. The molecule has 4 N–H and O–H groups in total. The molecule has 4 heterocycles. The lowest BCUT2D eigenvalue weighted by Crippen LogP contribution is -2.44. The summed E-state index contributed by atoms with van der Waals surface area (Å²) in [4.78, 5) is 17.7. The molecular formula is C19H24ClFN6O. The Kier molecular flexibility index (Phi) is 5.30. The van der Waals surface area contributed by atoms with Crippen LogP contribution in [0.5, 0.6) is 0 Å². The van der Waals surface area contributed by atoms with Gasteiger partial charge in [0.1, 0.15) is 17.8 Å².